The fourth-order valence-corrected chi connectivity index (χ4v) is 5.14. The molecule has 0 bridgehead atoms. The van der Waals surface area contributed by atoms with Crippen molar-refractivity contribution in [2.45, 2.75) is 38.0 Å². The van der Waals surface area contributed by atoms with Gasteiger partial charge in [0.1, 0.15) is 0 Å². The predicted molar refractivity (Wildman–Crippen MR) is 120 cm³/mol. The van der Waals surface area contributed by atoms with Gasteiger partial charge in [-0.3, -0.25) is 9.80 Å². The van der Waals surface area contributed by atoms with E-state index < -0.39 is 0 Å². The molecule has 0 atom stereocenters. The van der Waals surface area contributed by atoms with Crippen molar-refractivity contribution in [2.75, 3.05) is 13.1 Å². The van der Waals surface area contributed by atoms with Gasteiger partial charge < -0.3 is 0 Å². The summed E-state index contributed by atoms with van der Waals surface area (Å²) in [7, 11) is 0. The van der Waals surface area contributed by atoms with Crippen LogP contribution in [0.1, 0.15) is 46.7 Å². The molecule has 5 rings (SSSR count). The fraction of sp³-hybridized carbons (Fsp3) is 0.296. The summed E-state index contributed by atoms with van der Waals surface area (Å²) in [6.07, 6.45) is 2.38. The maximum atomic E-state index is 9.18. The Bertz CT molecular complexity index is 991. The lowest BCUT2D eigenvalue weighted by atomic mass is 9.93. The van der Waals surface area contributed by atoms with E-state index in [1.165, 1.54) is 35.1 Å². The highest BCUT2D eigenvalue weighted by atomic mass is 15.2. The van der Waals surface area contributed by atoms with E-state index in [2.05, 4.69) is 88.7 Å². The van der Waals surface area contributed by atoms with Crippen LogP contribution in [0.15, 0.2) is 78.9 Å². The van der Waals surface area contributed by atoms with Gasteiger partial charge in [0.2, 0.25) is 0 Å². The van der Waals surface area contributed by atoms with E-state index in [4.69, 9.17) is 0 Å². The van der Waals surface area contributed by atoms with Crippen molar-refractivity contribution < 1.29 is 0 Å². The summed E-state index contributed by atoms with van der Waals surface area (Å²) in [6.45, 7) is 4.22. The second-order valence-electron chi connectivity index (χ2n) is 8.49. The van der Waals surface area contributed by atoms with Crippen molar-refractivity contribution in [3.63, 3.8) is 0 Å². The molecule has 0 saturated carbocycles. The van der Waals surface area contributed by atoms with E-state index in [1.54, 1.807) is 0 Å². The molecule has 1 fully saturated rings. The molecule has 3 heteroatoms. The maximum Gasteiger partial charge on any atom is 0.0991 e. The van der Waals surface area contributed by atoms with Crippen molar-refractivity contribution in [1.82, 2.24) is 9.80 Å². The van der Waals surface area contributed by atoms with Crippen LogP contribution in [-0.2, 0) is 13.1 Å². The molecule has 3 nitrogen and oxygen atoms in total. The third-order valence-electron chi connectivity index (χ3n) is 6.69. The third-order valence-corrected chi connectivity index (χ3v) is 6.69. The van der Waals surface area contributed by atoms with Gasteiger partial charge >= 0.3 is 0 Å². The minimum absolute atomic E-state index is 0.322. The van der Waals surface area contributed by atoms with Gasteiger partial charge in [-0.2, -0.15) is 5.26 Å². The Hall–Kier alpha value is -2.93. The molecule has 30 heavy (non-hydrogen) atoms. The van der Waals surface area contributed by atoms with Crippen LogP contribution in [0, 0.1) is 11.3 Å². The Labute approximate surface area is 179 Å². The summed E-state index contributed by atoms with van der Waals surface area (Å²) in [6, 6.07) is 31.2. The molecule has 2 aliphatic rings. The molecule has 3 aromatic carbocycles. The zero-order chi connectivity index (χ0) is 20.3. The van der Waals surface area contributed by atoms with Gasteiger partial charge in [0.15, 0.2) is 0 Å². The van der Waals surface area contributed by atoms with Crippen LogP contribution >= 0.6 is 0 Å². The fourth-order valence-electron chi connectivity index (χ4n) is 5.14. The zero-order valence-electron chi connectivity index (χ0n) is 17.2. The zero-order valence-corrected chi connectivity index (χ0v) is 17.2. The highest BCUT2D eigenvalue weighted by Crippen LogP contribution is 2.34. The average Bonchev–Trinajstić information content (AvgIpc) is 3.24. The number of rotatable bonds is 4. The second kappa shape index (κ2) is 8.44. The monoisotopic (exact) mass is 393 g/mol. The molecule has 0 radical (unpaired) electrons. The smallest absolute Gasteiger partial charge is 0.0991 e. The van der Waals surface area contributed by atoms with Crippen molar-refractivity contribution in [3.05, 3.63) is 107 Å². The van der Waals surface area contributed by atoms with Gasteiger partial charge in [-0.15, -0.1) is 0 Å². The van der Waals surface area contributed by atoms with Crippen LogP contribution in [0.5, 0.6) is 0 Å². The normalized spacial score (nSPS) is 17.7. The SMILES string of the molecule is N#Cc1ccc2c(c1)CN(C1CCN(C(c3ccccc3)c3ccccc3)CC1)C2. The first-order valence-corrected chi connectivity index (χ1v) is 10.9. The van der Waals surface area contributed by atoms with Crippen molar-refractivity contribution >= 4 is 0 Å². The summed E-state index contributed by atoms with van der Waals surface area (Å²) in [5.41, 5.74) is 6.25. The van der Waals surface area contributed by atoms with Crippen LogP contribution in [0.2, 0.25) is 0 Å². The Kier molecular flexibility index (Phi) is 5.36. The van der Waals surface area contributed by atoms with Gasteiger partial charge in [0.05, 0.1) is 17.7 Å². The highest BCUT2D eigenvalue weighted by molar-refractivity contribution is 5.40. The molecule has 2 heterocycles. The van der Waals surface area contributed by atoms with E-state index in [9.17, 15) is 5.26 Å². The van der Waals surface area contributed by atoms with Gasteiger partial charge in [0.25, 0.3) is 0 Å². The minimum atomic E-state index is 0.322. The first-order valence-electron chi connectivity index (χ1n) is 10.9. The van der Waals surface area contributed by atoms with E-state index in [1.807, 2.05) is 6.07 Å². The van der Waals surface area contributed by atoms with E-state index >= 15 is 0 Å². The molecule has 1 saturated heterocycles. The van der Waals surface area contributed by atoms with E-state index in [0.29, 0.717) is 12.1 Å². The van der Waals surface area contributed by atoms with Gasteiger partial charge in [-0.05, 0) is 47.2 Å². The number of hydrogen-bond donors (Lipinski definition) is 0. The number of nitriles is 1. The van der Waals surface area contributed by atoms with Crippen molar-refractivity contribution in [2.24, 2.45) is 0 Å². The standard InChI is InChI=1S/C27H27N3/c28-18-21-11-12-24-19-30(20-25(24)17-21)26-13-15-29(16-14-26)27(22-7-3-1-4-8-22)23-9-5-2-6-10-23/h1-12,17,26-27H,13-16,19-20H2. The average molecular weight is 394 g/mol. The molecule has 0 amide bonds. The summed E-state index contributed by atoms with van der Waals surface area (Å²) in [4.78, 5) is 5.27. The summed E-state index contributed by atoms with van der Waals surface area (Å²) < 4.78 is 0. The number of nitrogens with zero attached hydrogens (tertiary/aromatic N) is 3. The van der Waals surface area contributed by atoms with Crippen LogP contribution in [0.25, 0.3) is 0 Å². The van der Waals surface area contributed by atoms with Crippen LogP contribution < -0.4 is 0 Å². The van der Waals surface area contributed by atoms with Crippen molar-refractivity contribution in [1.29, 1.82) is 5.26 Å². The first kappa shape index (κ1) is 19.1. The lowest BCUT2D eigenvalue weighted by molar-refractivity contribution is 0.0912. The van der Waals surface area contributed by atoms with Crippen LogP contribution in [0.4, 0.5) is 0 Å². The van der Waals surface area contributed by atoms with Gasteiger partial charge in [-0.1, -0.05) is 66.7 Å². The molecule has 2 aliphatic heterocycles. The summed E-state index contributed by atoms with van der Waals surface area (Å²) >= 11 is 0. The predicted octanol–water partition coefficient (Wildman–Crippen LogP) is 5.13. The first-order chi connectivity index (χ1) is 14.8. The summed E-state index contributed by atoms with van der Waals surface area (Å²) in [5.74, 6) is 0. The Morgan fingerprint density at radius 1 is 0.767 bits per heavy atom. The largest absolute Gasteiger partial charge is 0.292 e. The molecule has 150 valence electrons. The molecule has 0 spiro atoms. The van der Waals surface area contributed by atoms with Gasteiger partial charge in [0, 0.05) is 32.2 Å². The molecule has 0 aliphatic carbocycles. The summed E-state index contributed by atoms with van der Waals surface area (Å²) in [5, 5.41) is 9.18. The number of fused-ring (bicyclic) bond motifs is 1. The Morgan fingerprint density at radius 3 is 1.97 bits per heavy atom. The lowest BCUT2D eigenvalue weighted by Gasteiger charge is -2.40. The molecular weight excluding hydrogens is 366 g/mol. The molecule has 0 N–H and O–H groups in total. The van der Waals surface area contributed by atoms with Crippen LogP contribution in [0.3, 0.4) is 0 Å². The minimum Gasteiger partial charge on any atom is -0.292 e. The number of hydrogen-bond acceptors (Lipinski definition) is 3. The van der Waals surface area contributed by atoms with Crippen LogP contribution in [-0.4, -0.2) is 28.9 Å². The van der Waals surface area contributed by atoms with E-state index in [0.717, 1.165) is 31.7 Å². The topological polar surface area (TPSA) is 30.3 Å². The highest BCUT2D eigenvalue weighted by Gasteiger charge is 2.32. The Morgan fingerprint density at radius 2 is 1.37 bits per heavy atom. The molecule has 0 aromatic heterocycles. The molecule has 0 unspecified atom stereocenters. The molecule has 3 aromatic rings. The number of likely N-dealkylation sites (tertiary alicyclic amines) is 1. The van der Waals surface area contributed by atoms with Gasteiger partial charge in [-0.25, -0.2) is 0 Å². The number of piperidine rings is 1. The Balaban J connectivity index is 1.29. The van der Waals surface area contributed by atoms with E-state index in [-0.39, 0.29) is 0 Å². The quantitative estimate of drug-likeness (QED) is 0.616. The van der Waals surface area contributed by atoms with Crippen molar-refractivity contribution in [3.8, 4) is 6.07 Å². The third kappa shape index (κ3) is 3.77. The second-order valence-corrected chi connectivity index (χ2v) is 8.49. The number of benzene rings is 3. The lowest BCUT2D eigenvalue weighted by Crippen LogP contribution is -2.44. The maximum absolute atomic E-state index is 9.18. The molecular formula is C27H27N3.